The fraction of sp³-hybridized carbons (Fsp3) is 0.325. The highest BCUT2D eigenvalue weighted by Crippen LogP contribution is 2.23. The fourth-order valence-electron chi connectivity index (χ4n) is 5.41. The zero-order valence-corrected chi connectivity index (χ0v) is 29.5. The van der Waals surface area contributed by atoms with Crippen molar-refractivity contribution >= 4 is 17.9 Å². The van der Waals surface area contributed by atoms with E-state index in [0.29, 0.717) is 12.0 Å². The Morgan fingerprint density at radius 3 is 1.63 bits per heavy atom. The predicted octanol–water partition coefficient (Wildman–Crippen LogP) is 6.68. The summed E-state index contributed by atoms with van der Waals surface area (Å²) < 4.78 is 48.0. The number of amides is 3. The van der Waals surface area contributed by atoms with Crippen LogP contribution in [0.3, 0.4) is 0 Å². The number of hydrogen-bond acceptors (Lipinski definition) is 6. The summed E-state index contributed by atoms with van der Waals surface area (Å²) in [5.41, 5.74) is 3.41. The highest BCUT2D eigenvalue weighted by molar-refractivity contribution is 5.88. The quantitative estimate of drug-likeness (QED) is 0.0716. The molecule has 3 amide bonds. The summed E-state index contributed by atoms with van der Waals surface area (Å²) in [7, 11) is 0. The standard InChI is InChI=1S/C40H45F3N4O5/c1-39(2,3)52-38(50)46-26-32-16-14-31(15-17-32)25-45-36(48)35(24-29-12-8-5-9-13-29)47(44)37(49)33(22-28-10-6-4-7-11-28)23-30-18-20-34(21-19-30)51-27-40(41,42)43/h4-21,33,35H,22-27,44H2,1-3H3,(H,45,48)(H,46,50)/t33-,35+/m1/s1. The molecule has 0 unspecified atom stereocenters. The number of nitrogens with one attached hydrogen (secondary N) is 2. The Morgan fingerprint density at radius 1 is 0.673 bits per heavy atom. The number of nitrogens with two attached hydrogens (primary N) is 1. The largest absolute Gasteiger partial charge is 0.484 e. The van der Waals surface area contributed by atoms with Crippen LogP contribution < -0.4 is 21.2 Å². The molecule has 0 aromatic heterocycles. The van der Waals surface area contributed by atoms with Gasteiger partial charge in [0, 0.05) is 25.4 Å². The monoisotopic (exact) mass is 718 g/mol. The number of hydrogen-bond donors (Lipinski definition) is 3. The first-order chi connectivity index (χ1) is 24.6. The highest BCUT2D eigenvalue weighted by Gasteiger charge is 2.33. The van der Waals surface area contributed by atoms with E-state index in [1.807, 2.05) is 84.9 Å². The number of hydrazine groups is 1. The number of alkyl carbamates (subject to hydrolysis) is 1. The van der Waals surface area contributed by atoms with Gasteiger partial charge < -0.3 is 20.1 Å². The van der Waals surface area contributed by atoms with E-state index in [1.165, 1.54) is 12.1 Å². The summed E-state index contributed by atoms with van der Waals surface area (Å²) >= 11 is 0. The summed E-state index contributed by atoms with van der Waals surface area (Å²) in [5.74, 6) is 5.02. The van der Waals surface area contributed by atoms with E-state index in [1.54, 1.807) is 32.9 Å². The molecule has 0 aliphatic carbocycles. The first-order valence-corrected chi connectivity index (χ1v) is 16.9. The molecular formula is C40H45F3N4O5. The third kappa shape index (κ3) is 13.4. The van der Waals surface area contributed by atoms with E-state index in [0.717, 1.165) is 27.3 Å². The molecule has 276 valence electrons. The topological polar surface area (TPSA) is 123 Å². The van der Waals surface area contributed by atoms with Gasteiger partial charge in [-0.3, -0.25) is 14.6 Å². The third-order valence-corrected chi connectivity index (χ3v) is 7.97. The molecule has 4 aromatic rings. The van der Waals surface area contributed by atoms with Crippen molar-refractivity contribution in [2.45, 2.75) is 70.9 Å². The van der Waals surface area contributed by atoms with Crippen molar-refractivity contribution < 1.29 is 37.0 Å². The molecule has 2 atom stereocenters. The molecule has 0 aliphatic rings. The Hall–Kier alpha value is -5.36. The fourth-order valence-corrected chi connectivity index (χ4v) is 5.41. The van der Waals surface area contributed by atoms with Gasteiger partial charge in [0.2, 0.25) is 11.8 Å². The molecule has 0 saturated heterocycles. The van der Waals surface area contributed by atoms with E-state index >= 15 is 0 Å². The van der Waals surface area contributed by atoms with Gasteiger partial charge in [-0.15, -0.1) is 0 Å². The van der Waals surface area contributed by atoms with Gasteiger partial charge in [0.05, 0.1) is 0 Å². The molecule has 0 fully saturated rings. The van der Waals surface area contributed by atoms with Crippen molar-refractivity contribution in [1.29, 1.82) is 0 Å². The van der Waals surface area contributed by atoms with E-state index in [9.17, 15) is 27.6 Å². The van der Waals surface area contributed by atoms with E-state index < -0.39 is 48.3 Å². The average molecular weight is 719 g/mol. The van der Waals surface area contributed by atoms with Crippen LogP contribution in [-0.2, 0) is 46.7 Å². The van der Waals surface area contributed by atoms with Gasteiger partial charge in [0.25, 0.3) is 0 Å². The Kier molecular flexibility index (Phi) is 13.8. The minimum atomic E-state index is -4.47. The minimum Gasteiger partial charge on any atom is -0.484 e. The lowest BCUT2D eigenvalue weighted by Gasteiger charge is -2.30. The smallest absolute Gasteiger partial charge is 0.422 e. The van der Waals surface area contributed by atoms with Crippen LogP contribution in [-0.4, -0.2) is 47.3 Å². The maximum atomic E-state index is 14.2. The third-order valence-electron chi connectivity index (χ3n) is 7.97. The van der Waals surface area contributed by atoms with Crippen molar-refractivity contribution in [3.8, 4) is 5.75 Å². The highest BCUT2D eigenvalue weighted by atomic mass is 19.4. The molecule has 9 nitrogen and oxygen atoms in total. The number of halogens is 3. The Labute approximate surface area is 302 Å². The van der Waals surface area contributed by atoms with Crippen molar-refractivity contribution in [2.75, 3.05) is 6.61 Å². The van der Waals surface area contributed by atoms with E-state index in [-0.39, 0.29) is 31.7 Å². The van der Waals surface area contributed by atoms with Crippen LogP contribution in [0.2, 0.25) is 0 Å². The average Bonchev–Trinajstić information content (AvgIpc) is 3.11. The van der Waals surface area contributed by atoms with Crippen molar-refractivity contribution in [1.82, 2.24) is 15.6 Å². The number of nitrogens with zero attached hydrogens (tertiary/aromatic N) is 1. The van der Waals surface area contributed by atoms with Crippen molar-refractivity contribution in [2.24, 2.45) is 11.8 Å². The van der Waals surface area contributed by atoms with Gasteiger partial charge in [0.15, 0.2) is 6.61 Å². The SMILES string of the molecule is CC(C)(C)OC(=O)NCc1ccc(CNC(=O)[C@H](Cc2ccccc2)N(N)C(=O)[C@H](Cc2ccccc2)Cc2ccc(OCC(F)(F)F)cc2)cc1. The summed E-state index contributed by atoms with van der Waals surface area (Å²) in [6.45, 7) is 4.39. The number of benzene rings is 4. The van der Waals surface area contributed by atoms with Crippen molar-refractivity contribution in [3.63, 3.8) is 0 Å². The maximum absolute atomic E-state index is 14.2. The molecule has 4 aromatic carbocycles. The van der Waals surface area contributed by atoms with Crippen LogP contribution >= 0.6 is 0 Å². The molecule has 52 heavy (non-hydrogen) atoms. The van der Waals surface area contributed by atoms with Gasteiger partial charge in [-0.25, -0.2) is 10.6 Å². The maximum Gasteiger partial charge on any atom is 0.422 e. The molecular weight excluding hydrogens is 673 g/mol. The van der Waals surface area contributed by atoms with Crippen LogP contribution in [0, 0.1) is 5.92 Å². The lowest BCUT2D eigenvalue weighted by Crippen LogP contribution is -2.56. The van der Waals surface area contributed by atoms with Gasteiger partial charge in [-0.1, -0.05) is 97.1 Å². The number of ether oxygens (including phenoxy) is 2. The summed E-state index contributed by atoms with van der Waals surface area (Å²) in [4.78, 5) is 40.0. The van der Waals surface area contributed by atoms with Gasteiger partial charge >= 0.3 is 12.3 Å². The van der Waals surface area contributed by atoms with Crippen LogP contribution in [0.15, 0.2) is 109 Å². The molecule has 0 aliphatic heterocycles. The first-order valence-electron chi connectivity index (χ1n) is 16.9. The number of carbonyl (C=O) groups excluding carboxylic acids is 3. The van der Waals surface area contributed by atoms with Crippen LogP contribution in [0.4, 0.5) is 18.0 Å². The molecule has 12 heteroatoms. The molecule has 0 heterocycles. The zero-order chi connectivity index (χ0) is 37.7. The molecule has 0 bridgehead atoms. The second-order valence-electron chi connectivity index (χ2n) is 13.5. The first kappa shape index (κ1) is 39.4. The molecule has 4 N–H and O–H groups in total. The molecule has 4 rings (SSSR count). The molecule has 0 spiro atoms. The number of rotatable bonds is 15. The van der Waals surface area contributed by atoms with Gasteiger partial charge in [-0.05, 0) is 73.6 Å². The second-order valence-corrected chi connectivity index (χ2v) is 13.5. The summed E-state index contributed by atoms with van der Waals surface area (Å²) in [5, 5.41) is 6.64. The zero-order valence-electron chi connectivity index (χ0n) is 29.5. The second kappa shape index (κ2) is 18.2. The Bertz CT molecular complexity index is 1730. The number of carbonyl (C=O) groups is 3. The lowest BCUT2D eigenvalue weighted by molar-refractivity contribution is -0.153. The van der Waals surface area contributed by atoms with Crippen molar-refractivity contribution in [3.05, 3.63) is 137 Å². The van der Waals surface area contributed by atoms with Gasteiger partial charge in [0.1, 0.15) is 17.4 Å². The Balaban J connectivity index is 1.48. The van der Waals surface area contributed by atoms with Crippen LogP contribution in [0.25, 0.3) is 0 Å². The lowest BCUT2D eigenvalue weighted by atomic mass is 9.90. The minimum absolute atomic E-state index is 0.0548. The van der Waals surface area contributed by atoms with Crippen LogP contribution in [0.5, 0.6) is 5.75 Å². The summed E-state index contributed by atoms with van der Waals surface area (Å²) in [6, 6.07) is 31.0. The van der Waals surface area contributed by atoms with E-state index in [4.69, 9.17) is 15.3 Å². The molecule has 0 saturated carbocycles. The Morgan fingerprint density at radius 2 is 1.13 bits per heavy atom. The summed E-state index contributed by atoms with van der Waals surface area (Å²) in [6.07, 6.45) is -4.29. The normalized spacial score (nSPS) is 12.7. The predicted molar refractivity (Wildman–Crippen MR) is 192 cm³/mol. The van der Waals surface area contributed by atoms with E-state index in [2.05, 4.69) is 10.6 Å². The number of alkyl halides is 3. The van der Waals surface area contributed by atoms with Gasteiger partial charge in [-0.2, -0.15) is 13.2 Å². The molecule has 0 radical (unpaired) electrons. The van der Waals surface area contributed by atoms with Crippen LogP contribution in [0.1, 0.15) is 48.6 Å².